The third kappa shape index (κ3) is 14.5. The molecule has 0 saturated heterocycles. The van der Waals surface area contributed by atoms with Gasteiger partial charge in [0.15, 0.2) is 0 Å². The van der Waals surface area contributed by atoms with Crippen LogP contribution in [0.2, 0.25) is 0 Å². The molecule has 28 heavy (non-hydrogen) atoms. The minimum absolute atomic E-state index is 0.00905. The first kappa shape index (κ1) is 40.0. The summed E-state index contributed by atoms with van der Waals surface area (Å²) in [7, 11) is 52.8. The van der Waals surface area contributed by atoms with Crippen LogP contribution in [0.15, 0.2) is 0 Å². The molecule has 0 fully saturated rings. The molecule has 0 aliphatic heterocycles. The van der Waals surface area contributed by atoms with E-state index < -0.39 is 0 Å². The topological polar surface area (TPSA) is 0 Å². The van der Waals surface area contributed by atoms with Gasteiger partial charge < -0.3 is 58.6 Å². The molecule has 28 heteroatoms. The van der Waals surface area contributed by atoms with Crippen molar-refractivity contribution in [2.24, 2.45) is 0 Å². The Morgan fingerprint density at radius 3 is 0.857 bits per heavy atom. The summed E-state index contributed by atoms with van der Waals surface area (Å²) < 4.78 is 0. The maximum Gasteiger partial charge on any atom is -0.000846 e. The van der Waals surface area contributed by atoms with Gasteiger partial charge in [0.2, 0.25) is 0 Å². The van der Waals surface area contributed by atoms with Crippen molar-refractivity contribution >= 4 is 225 Å². The normalized spacial score (nSPS) is 18.0. The highest BCUT2D eigenvalue weighted by atomic mass is 33.5. The SMILES string of the molecule is [PH-]P([PH-])P(P)P(P(P([PH-])[PH-])P([PH-])P)P(P(P(P)P)P(P)P)P(P(P)P)P(P)P. The molecule has 14 unspecified atom stereocenters. The minimum atomic E-state index is -0.314. The summed E-state index contributed by atoms with van der Waals surface area (Å²) >= 11 is 0. The van der Waals surface area contributed by atoms with Gasteiger partial charge in [-0.25, -0.2) is 6.99 Å². The van der Waals surface area contributed by atoms with E-state index in [0.717, 1.165) is 0 Å². The third-order valence-electron chi connectivity index (χ3n) is 2.23. The second-order valence-electron chi connectivity index (χ2n) is 4.15. The summed E-state index contributed by atoms with van der Waals surface area (Å²) in [5, 5.41) is 0. The largest absolute Gasteiger partial charge is 0.553 e. The molecule has 0 aromatic rings. The van der Waals surface area contributed by atoms with Crippen molar-refractivity contribution < 1.29 is 0 Å². The van der Waals surface area contributed by atoms with E-state index in [0.29, 0.717) is 0 Å². The van der Waals surface area contributed by atoms with Crippen LogP contribution in [-0.4, -0.2) is 0 Å². The van der Waals surface area contributed by atoms with Crippen LogP contribution in [0.25, 0.3) is 0 Å². The van der Waals surface area contributed by atoms with E-state index in [4.69, 9.17) is 0 Å². The quantitative estimate of drug-likeness (QED) is 0.171. The Morgan fingerprint density at radius 1 is 0.357 bits per heavy atom. The van der Waals surface area contributed by atoms with Gasteiger partial charge in [0.25, 0.3) is 0 Å². The summed E-state index contributed by atoms with van der Waals surface area (Å²) in [4.78, 5) is 0. The first-order valence-electron chi connectivity index (χ1n) is 6.10. The van der Waals surface area contributed by atoms with E-state index in [2.05, 4.69) is 134 Å². The van der Waals surface area contributed by atoms with Gasteiger partial charge in [-0.3, -0.25) is 0 Å². The van der Waals surface area contributed by atoms with E-state index in [1.165, 1.54) is 0 Å². The van der Waals surface area contributed by atoms with Crippen LogP contribution >= 0.6 is 225 Å². The average molecular weight is 892 g/mol. The summed E-state index contributed by atoms with van der Waals surface area (Å²) in [6.07, 6.45) is 0. The van der Waals surface area contributed by atoms with Crippen molar-refractivity contribution in [2.45, 2.75) is 0 Å². The highest BCUT2D eigenvalue weighted by molar-refractivity contribution is 9.42. The molecule has 0 N–H and O–H groups in total. The molecule has 170 valence electrons. The molecule has 0 aromatic carbocycles. The smallest absolute Gasteiger partial charge is 0.000846 e. The molecule has 0 aromatic heterocycles. The van der Waals surface area contributed by atoms with Crippen LogP contribution in [0.4, 0.5) is 0 Å². The van der Waals surface area contributed by atoms with Crippen LogP contribution in [0.5, 0.6) is 0 Å². The molecule has 0 bridgehead atoms. The fourth-order valence-electron chi connectivity index (χ4n) is 1.40. The number of hydrogen-bond donors (Lipinski definition) is 0. The molecule has 0 radical (unpaired) electrons. The van der Waals surface area contributed by atoms with E-state index in [-0.39, 0.29) is 90.8 Å². The van der Waals surface area contributed by atoms with Crippen molar-refractivity contribution in [1.29, 1.82) is 0 Å². The molecular weight excluding hydrogens is 867 g/mol. The molecule has 0 aliphatic rings. The van der Waals surface area contributed by atoms with Gasteiger partial charge in [0.1, 0.15) is 0 Å². The number of hydrogen-bond acceptors (Lipinski definition) is 0. The standard InChI is InChI=1S/H25P28/c1-16(2)23(15)27(24(17(3)4)18(5)6)28(25(19(7)8)20(9)10)26(21(11)12)22(13)14/h1-5H,6-15H2/q-5. The van der Waals surface area contributed by atoms with Crippen molar-refractivity contribution in [3.8, 4) is 0 Å². The van der Waals surface area contributed by atoms with Gasteiger partial charge in [0.05, 0.1) is 0 Å². The molecule has 0 saturated carbocycles. The Labute approximate surface area is 222 Å². The van der Waals surface area contributed by atoms with Crippen LogP contribution in [0.1, 0.15) is 0 Å². The van der Waals surface area contributed by atoms with Gasteiger partial charge in [-0.2, -0.15) is 0 Å². The second kappa shape index (κ2) is 21.7. The van der Waals surface area contributed by atoms with Gasteiger partial charge in [-0.15, -0.1) is 96.3 Å². The Kier molecular flexibility index (Phi) is 31.0. The molecule has 14 atom stereocenters. The zero-order valence-electron chi connectivity index (χ0n) is 14.1. The van der Waals surface area contributed by atoms with Crippen molar-refractivity contribution in [3.63, 3.8) is 0 Å². The Hall–Kier alpha value is 12.0. The van der Waals surface area contributed by atoms with Gasteiger partial charge in [-0.1, -0.05) is 6.99 Å². The lowest BCUT2D eigenvalue weighted by molar-refractivity contribution is 4.43. The van der Waals surface area contributed by atoms with E-state index in [9.17, 15) is 0 Å². The first-order valence-corrected chi connectivity index (χ1v) is 54.9. The van der Waals surface area contributed by atoms with Crippen molar-refractivity contribution in [3.05, 3.63) is 0 Å². The fourth-order valence-corrected chi connectivity index (χ4v) is 340. The second-order valence-corrected chi connectivity index (χ2v) is 112. The molecule has 0 spiro atoms. The fraction of sp³-hybridized carbons (Fsp3) is 0. The molecule has 0 aliphatic carbocycles. The molecule has 0 heterocycles. The molecule has 0 amide bonds. The van der Waals surface area contributed by atoms with Crippen LogP contribution < -0.4 is 0 Å². The van der Waals surface area contributed by atoms with E-state index in [1.54, 1.807) is 0 Å². The van der Waals surface area contributed by atoms with Gasteiger partial charge >= 0.3 is 0 Å². The summed E-state index contributed by atoms with van der Waals surface area (Å²) in [6.45, 7) is -1.60. The van der Waals surface area contributed by atoms with Crippen LogP contribution in [0.3, 0.4) is 0 Å². The minimum Gasteiger partial charge on any atom is -0.553 e. The maximum atomic E-state index is 4.14. The molecule has 0 rings (SSSR count). The Balaban J connectivity index is 6.81. The van der Waals surface area contributed by atoms with Crippen molar-refractivity contribution in [2.75, 3.05) is 0 Å². The lowest BCUT2D eigenvalue weighted by Gasteiger charge is -2.60. The van der Waals surface area contributed by atoms with Crippen LogP contribution in [0, 0.1) is 0 Å². The monoisotopic (exact) mass is 892 g/mol. The molecule has 0 nitrogen and oxygen atoms in total. The maximum absolute atomic E-state index is 4.14. The highest BCUT2D eigenvalue weighted by Gasteiger charge is 2.45. The third-order valence-corrected chi connectivity index (χ3v) is 180. The summed E-state index contributed by atoms with van der Waals surface area (Å²) in [5.41, 5.74) is 0. The Morgan fingerprint density at radius 2 is 0.679 bits per heavy atom. The first-order chi connectivity index (χ1) is 12.7. The zero-order chi connectivity index (χ0) is 22.5. The summed E-state index contributed by atoms with van der Waals surface area (Å²) in [6, 6.07) is 0. The van der Waals surface area contributed by atoms with Gasteiger partial charge in [0, 0.05) is 0 Å². The lowest BCUT2D eigenvalue weighted by atomic mass is 28.5. The van der Waals surface area contributed by atoms with E-state index >= 15 is 0 Å². The zero-order valence-corrected chi connectivity index (χ0v) is 42.3. The van der Waals surface area contributed by atoms with E-state index in [1.807, 2.05) is 0 Å². The lowest BCUT2D eigenvalue weighted by Crippen LogP contribution is -1.63. The number of rotatable bonds is 12. The van der Waals surface area contributed by atoms with Gasteiger partial charge in [-0.05, 0) is 55.9 Å². The summed E-state index contributed by atoms with van der Waals surface area (Å²) in [5.74, 6) is 0. The van der Waals surface area contributed by atoms with Crippen molar-refractivity contribution in [1.82, 2.24) is 0 Å². The predicted molar refractivity (Wildman–Crippen MR) is 229 cm³/mol. The average Bonchev–Trinajstić information content (AvgIpc) is 2.48. The predicted octanol–water partition coefficient (Wildman–Crippen LogP) is 17.4. The van der Waals surface area contributed by atoms with Crippen LogP contribution in [-0.2, 0) is 0 Å². The Bertz CT molecular complexity index is 354. The highest BCUT2D eigenvalue weighted by Crippen LogP contribution is 3.37. The molecular formula is H25P28-5.